The highest BCUT2D eigenvalue weighted by molar-refractivity contribution is 6.10. The van der Waals surface area contributed by atoms with Crippen molar-refractivity contribution in [3.63, 3.8) is 0 Å². The van der Waals surface area contributed by atoms with Crippen molar-refractivity contribution in [1.29, 1.82) is 0 Å². The topological polar surface area (TPSA) is 136 Å². The third-order valence-corrected chi connectivity index (χ3v) is 5.58. The summed E-state index contributed by atoms with van der Waals surface area (Å²) in [7, 11) is 0. The predicted octanol–water partition coefficient (Wildman–Crippen LogP) is 5.59. The van der Waals surface area contributed by atoms with Gasteiger partial charge >= 0.3 is 5.97 Å². The number of anilines is 2. The third-order valence-electron chi connectivity index (χ3n) is 5.58. The molecule has 0 aliphatic heterocycles. The second-order valence-corrected chi connectivity index (χ2v) is 8.19. The molecular formula is C29H26N2O8. The first-order valence-corrected chi connectivity index (χ1v) is 11.8. The highest BCUT2D eigenvalue weighted by atomic mass is 17.1. The van der Waals surface area contributed by atoms with Crippen LogP contribution in [0.25, 0.3) is 0 Å². The molecule has 10 nitrogen and oxygen atoms in total. The van der Waals surface area contributed by atoms with E-state index in [9.17, 15) is 14.7 Å². The minimum atomic E-state index is -1.17. The molecular weight excluding hydrogens is 504 g/mol. The standard InChI is InChI=1S/C29H26N2O8/c32-28(26-7-3-4-8-27(26)29(33)34)30-22-9-13-24(14-10-22)36-19-37-25-15-11-23(12-16-25)31-38-17-20-5-1-2-6-21(20)18-39-35/h1-16,31,35H,17-19H2,(H,30,32)(H,33,34). The first kappa shape index (κ1) is 27.1. The van der Waals surface area contributed by atoms with Crippen LogP contribution in [0, 0.1) is 0 Å². The van der Waals surface area contributed by atoms with Gasteiger partial charge in [-0.1, -0.05) is 36.4 Å². The van der Waals surface area contributed by atoms with Crippen molar-refractivity contribution in [3.05, 3.63) is 119 Å². The monoisotopic (exact) mass is 530 g/mol. The fraction of sp³-hybridized carbons (Fsp3) is 0.103. The van der Waals surface area contributed by atoms with Crippen molar-refractivity contribution >= 4 is 23.3 Å². The van der Waals surface area contributed by atoms with Gasteiger partial charge in [0.2, 0.25) is 6.79 Å². The maximum atomic E-state index is 12.5. The lowest BCUT2D eigenvalue weighted by atomic mass is 10.1. The summed E-state index contributed by atoms with van der Waals surface area (Å²) in [6.07, 6.45) is 0. The molecule has 0 saturated heterocycles. The number of ether oxygens (including phenoxy) is 2. The van der Waals surface area contributed by atoms with E-state index in [-0.39, 0.29) is 31.1 Å². The van der Waals surface area contributed by atoms with Crippen molar-refractivity contribution in [3.8, 4) is 11.5 Å². The van der Waals surface area contributed by atoms with Crippen molar-refractivity contribution in [2.24, 2.45) is 0 Å². The molecule has 0 fully saturated rings. The molecule has 0 aromatic heterocycles. The van der Waals surface area contributed by atoms with Crippen molar-refractivity contribution in [2.45, 2.75) is 13.2 Å². The van der Waals surface area contributed by atoms with Gasteiger partial charge in [0.25, 0.3) is 5.91 Å². The van der Waals surface area contributed by atoms with Crippen LogP contribution in [0.3, 0.4) is 0 Å². The molecule has 10 heteroatoms. The summed E-state index contributed by atoms with van der Waals surface area (Å²) in [6.45, 7) is 0.326. The van der Waals surface area contributed by atoms with Crippen molar-refractivity contribution in [1.82, 2.24) is 0 Å². The van der Waals surface area contributed by atoms with Gasteiger partial charge in [0.15, 0.2) is 0 Å². The van der Waals surface area contributed by atoms with Crippen LogP contribution in [-0.4, -0.2) is 29.0 Å². The van der Waals surface area contributed by atoms with Gasteiger partial charge in [0.05, 0.1) is 23.4 Å². The molecule has 4 rings (SSSR count). The maximum absolute atomic E-state index is 12.5. The van der Waals surface area contributed by atoms with E-state index in [2.05, 4.69) is 15.7 Å². The highest BCUT2D eigenvalue weighted by Crippen LogP contribution is 2.20. The van der Waals surface area contributed by atoms with Gasteiger partial charge in [-0.15, -0.1) is 0 Å². The van der Waals surface area contributed by atoms with Crippen molar-refractivity contribution in [2.75, 3.05) is 17.6 Å². The van der Waals surface area contributed by atoms with Crippen LogP contribution in [0.4, 0.5) is 11.4 Å². The Labute approximate surface area is 224 Å². The summed E-state index contributed by atoms with van der Waals surface area (Å²) in [5, 5.41) is 20.6. The number of carbonyl (C=O) groups is 2. The number of hydrogen-bond acceptors (Lipinski definition) is 8. The Balaban J connectivity index is 1.20. The molecule has 0 aliphatic carbocycles. The zero-order valence-electron chi connectivity index (χ0n) is 20.7. The molecule has 0 unspecified atom stereocenters. The molecule has 4 aromatic carbocycles. The Morgan fingerprint density at radius 3 is 1.79 bits per heavy atom. The maximum Gasteiger partial charge on any atom is 0.336 e. The fourth-order valence-corrected chi connectivity index (χ4v) is 3.59. The van der Waals surface area contributed by atoms with E-state index in [4.69, 9.17) is 19.6 Å². The zero-order chi connectivity index (χ0) is 27.5. The van der Waals surface area contributed by atoms with E-state index in [1.807, 2.05) is 24.3 Å². The van der Waals surface area contributed by atoms with Gasteiger partial charge in [-0.2, -0.15) is 0 Å². The molecule has 200 valence electrons. The van der Waals surface area contributed by atoms with Gasteiger partial charge < -0.3 is 19.9 Å². The number of carboxylic acids is 1. The van der Waals surface area contributed by atoms with Crippen LogP contribution in [-0.2, 0) is 22.9 Å². The number of benzene rings is 4. The second-order valence-electron chi connectivity index (χ2n) is 8.19. The minimum absolute atomic E-state index is 0.0370. The van der Waals surface area contributed by atoms with Crippen LogP contribution in [0.2, 0.25) is 0 Å². The summed E-state index contributed by atoms with van der Waals surface area (Å²) in [5.74, 6) is -0.574. The molecule has 0 bridgehead atoms. The van der Waals surface area contributed by atoms with Gasteiger partial charge in [-0.05, 0) is 71.8 Å². The smallest absolute Gasteiger partial charge is 0.336 e. The Bertz CT molecular complexity index is 1390. The number of carbonyl (C=O) groups excluding carboxylic acids is 1. The summed E-state index contributed by atoms with van der Waals surface area (Å²) >= 11 is 0. The van der Waals surface area contributed by atoms with Crippen LogP contribution < -0.4 is 20.3 Å². The third kappa shape index (κ3) is 7.79. The predicted molar refractivity (Wildman–Crippen MR) is 143 cm³/mol. The van der Waals surface area contributed by atoms with E-state index < -0.39 is 11.9 Å². The number of carboxylic acid groups (broad SMARTS) is 1. The molecule has 0 atom stereocenters. The number of nitrogens with one attached hydrogen (secondary N) is 2. The van der Waals surface area contributed by atoms with Crippen LogP contribution in [0.5, 0.6) is 11.5 Å². The van der Waals surface area contributed by atoms with E-state index in [1.54, 1.807) is 60.7 Å². The molecule has 4 N–H and O–H groups in total. The second kappa shape index (κ2) is 13.6. The van der Waals surface area contributed by atoms with E-state index in [1.165, 1.54) is 12.1 Å². The van der Waals surface area contributed by atoms with Gasteiger partial charge in [-0.3, -0.25) is 20.4 Å². The number of rotatable bonds is 13. The average molecular weight is 531 g/mol. The lowest BCUT2D eigenvalue weighted by Crippen LogP contribution is -2.16. The molecule has 0 radical (unpaired) electrons. The van der Waals surface area contributed by atoms with E-state index >= 15 is 0 Å². The Kier molecular flexibility index (Phi) is 9.46. The fourth-order valence-electron chi connectivity index (χ4n) is 3.59. The Morgan fingerprint density at radius 2 is 1.21 bits per heavy atom. The number of hydrogen-bond donors (Lipinski definition) is 4. The average Bonchev–Trinajstić information content (AvgIpc) is 2.96. The van der Waals surface area contributed by atoms with Gasteiger partial charge in [-0.25, -0.2) is 9.68 Å². The van der Waals surface area contributed by atoms with Crippen molar-refractivity contribution < 1.29 is 39.2 Å². The SMILES string of the molecule is O=C(O)c1ccccc1C(=O)Nc1ccc(OCOc2ccc(NOCc3ccccc3COO)cc2)cc1. The summed E-state index contributed by atoms with van der Waals surface area (Å²) in [6, 6.07) is 27.2. The molecule has 0 saturated carbocycles. The first-order valence-electron chi connectivity index (χ1n) is 11.8. The normalized spacial score (nSPS) is 10.5. The summed E-state index contributed by atoms with van der Waals surface area (Å²) in [4.78, 5) is 33.6. The van der Waals surface area contributed by atoms with E-state index in [0.717, 1.165) is 16.8 Å². The number of amides is 1. The largest absolute Gasteiger partial charge is 0.478 e. The minimum Gasteiger partial charge on any atom is -0.478 e. The van der Waals surface area contributed by atoms with Gasteiger partial charge in [0, 0.05) is 5.69 Å². The molecule has 39 heavy (non-hydrogen) atoms. The highest BCUT2D eigenvalue weighted by Gasteiger charge is 2.15. The number of aromatic carboxylic acids is 1. The summed E-state index contributed by atoms with van der Waals surface area (Å²) in [5.41, 5.74) is 5.79. The van der Waals surface area contributed by atoms with E-state index in [0.29, 0.717) is 17.2 Å². The summed E-state index contributed by atoms with van der Waals surface area (Å²) < 4.78 is 11.2. The first-order chi connectivity index (χ1) is 19.0. The quantitative estimate of drug-likeness (QED) is 0.0991. The zero-order valence-corrected chi connectivity index (χ0v) is 20.7. The Morgan fingerprint density at radius 1 is 0.667 bits per heavy atom. The molecule has 0 aliphatic rings. The molecule has 1 amide bonds. The lowest BCUT2D eigenvalue weighted by Gasteiger charge is -2.12. The van der Waals surface area contributed by atoms with Crippen LogP contribution in [0.15, 0.2) is 97.1 Å². The van der Waals surface area contributed by atoms with Crippen LogP contribution >= 0.6 is 0 Å². The molecule has 0 heterocycles. The lowest BCUT2D eigenvalue weighted by molar-refractivity contribution is -0.253. The molecule has 4 aromatic rings. The van der Waals surface area contributed by atoms with Crippen LogP contribution in [0.1, 0.15) is 31.8 Å². The molecule has 0 spiro atoms. The Hall–Kier alpha value is -4.90. The van der Waals surface area contributed by atoms with Gasteiger partial charge in [0.1, 0.15) is 18.1 Å².